The molecule has 4 nitrogen and oxygen atoms in total. The predicted octanol–water partition coefficient (Wildman–Crippen LogP) is 17.0. The fourth-order valence-electron chi connectivity index (χ4n) is 9.67. The van der Waals surface area contributed by atoms with Crippen molar-refractivity contribution in [1.29, 1.82) is 0 Å². The van der Waals surface area contributed by atoms with Crippen LogP contribution in [0, 0.1) is 23.3 Å². The third-order valence-corrected chi connectivity index (χ3v) is 12.7. The van der Waals surface area contributed by atoms with Crippen LogP contribution < -0.4 is 9.80 Å². The minimum absolute atomic E-state index is 0.297. The normalized spacial score (nSPS) is 11.5. The van der Waals surface area contributed by atoms with Crippen molar-refractivity contribution in [2.24, 2.45) is 0 Å². The minimum Gasteiger partial charge on any atom is -0.310 e. The quantitative estimate of drug-likeness (QED) is 0.134. The number of benzene rings is 10. The van der Waals surface area contributed by atoms with E-state index in [1.165, 1.54) is 48.5 Å². The smallest absolute Gasteiger partial charge is 0.125 e. The standard InChI is InChI=1S/C60H38F4N4/c61-41-19-27-47(28-20-41)67-57-13-3-1-11-53(57)55-37-51(31-33-59(55)67)65(49-9-5-7-43(63)35-49)45-23-15-39(16-24-45)40-17-25-46(26-18-40)66(50-10-6-8-44(64)36-50)52-32-34-60-56(38-52)54-12-2-4-14-58(54)68(60)48-29-21-42(62)22-30-48/h1-38H. The van der Waals surface area contributed by atoms with Gasteiger partial charge in [-0.2, -0.15) is 0 Å². The average Bonchev–Trinajstić information content (AvgIpc) is 3.88. The molecule has 2 aromatic heterocycles. The first-order valence-electron chi connectivity index (χ1n) is 22.2. The average molecular weight is 891 g/mol. The number of anilines is 6. The number of hydrogen-bond acceptors (Lipinski definition) is 2. The van der Waals surface area contributed by atoms with E-state index in [4.69, 9.17) is 0 Å². The Morgan fingerprint density at radius 2 is 0.603 bits per heavy atom. The van der Waals surface area contributed by atoms with Crippen LogP contribution >= 0.6 is 0 Å². The molecule has 2 heterocycles. The van der Waals surface area contributed by atoms with Gasteiger partial charge in [0.1, 0.15) is 23.3 Å². The molecule has 12 aromatic rings. The van der Waals surface area contributed by atoms with Gasteiger partial charge in [0.25, 0.3) is 0 Å². The molecular weight excluding hydrogens is 853 g/mol. The third-order valence-electron chi connectivity index (χ3n) is 12.7. The molecule has 0 amide bonds. The second kappa shape index (κ2) is 16.5. The number of aromatic nitrogens is 2. The summed E-state index contributed by atoms with van der Waals surface area (Å²) >= 11 is 0. The van der Waals surface area contributed by atoms with Crippen molar-refractivity contribution in [2.75, 3.05) is 9.80 Å². The van der Waals surface area contributed by atoms with E-state index in [-0.39, 0.29) is 23.3 Å². The lowest BCUT2D eigenvalue weighted by Crippen LogP contribution is -2.10. The first kappa shape index (κ1) is 40.6. The minimum atomic E-state index is -0.345. The number of halogens is 4. The molecule has 326 valence electrons. The Morgan fingerprint density at radius 3 is 1.00 bits per heavy atom. The van der Waals surface area contributed by atoms with Crippen LogP contribution in [0.2, 0.25) is 0 Å². The van der Waals surface area contributed by atoms with Gasteiger partial charge in [0.15, 0.2) is 0 Å². The summed E-state index contributed by atoms with van der Waals surface area (Å²) in [4.78, 5) is 4.09. The molecule has 10 aromatic carbocycles. The zero-order chi connectivity index (χ0) is 45.9. The number of rotatable bonds is 9. The van der Waals surface area contributed by atoms with Gasteiger partial charge in [-0.3, -0.25) is 0 Å². The van der Waals surface area contributed by atoms with E-state index in [1.54, 1.807) is 36.4 Å². The second-order valence-corrected chi connectivity index (χ2v) is 16.8. The fourth-order valence-corrected chi connectivity index (χ4v) is 9.67. The molecule has 0 atom stereocenters. The van der Waals surface area contributed by atoms with Gasteiger partial charge in [0.2, 0.25) is 0 Å². The summed E-state index contributed by atoms with van der Waals surface area (Å²) < 4.78 is 62.2. The molecule has 0 aliphatic rings. The molecule has 8 heteroatoms. The summed E-state index contributed by atoms with van der Waals surface area (Å²) in [6.07, 6.45) is 0. The van der Waals surface area contributed by atoms with Gasteiger partial charge in [-0.1, -0.05) is 72.8 Å². The SMILES string of the molecule is Fc1ccc(-n2c3ccccc3c3cc(N(c4ccc(-c5ccc(N(c6cccc(F)c6)c6ccc7c(c6)c6ccccc6n7-c6ccc(F)cc6)cc5)cc4)c4cccc(F)c4)ccc32)cc1. The van der Waals surface area contributed by atoms with Gasteiger partial charge >= 0.3 is 0 Å². The van der Waals surface area contributed by atoms with E-state index in [2.05, 4.69) is 81.9 Å². The Balaban J connectivity index is 0.911. The van der Waals surface area contributed by atoms with Gasteiger partial charge in [0, 0.05) is 67.0 Å². The highest BCUT2D eigenvalue weighted by molar-refractivity contribution is 6.12. The first-order valence-corrected chi connectivity index (χ1v) is 22.2. The van der Waals surface area contributed by atoms with Gasteiger partial charge < -0.3 is 18.9 Å². The lowest BCUT2D eigenvalue weighted by molar-refractivity contribution is 0.627. The summed E-state index contributed by atoms with van der Waals surface area (Å²) in [5.74, 6) is -1.28. The Bertz CT molecular complexity index is 3580. The van der Waals surface area contributed by atoms with E-state index in [1.807, 2.05) is 82.6 Å². The lowest BCUT2D eigenvalue weighted by Gasteiger charge is -2.26. The molecule has 0 spiro atoms. The van der Waals surface area contributed by atoms with Crippen molar-refractivity contribution in [3.63, 3.8) is 0 Å². The topological polar surface area (TPSA) is 16.3 Å². The highest BCUT2D eigenvalue weighted by Gasteiger charge is 2.20. The van der Waals surface area contributed by atoms with Crippen molar-refractivity contribution >= 4 is 77.7 Å². The Hall–Kier alpha value is -8.88. The van der Waals surface area contributed by atoms with Crippen LogP contribution in [0.1, 0.15) is 0 Å². The maximum Gasteiger partial charge on any atom is 0.125 e. The van der Waals surface area contributed by atoms with Crippen molar-refractivity contribution in [3.05, 3.63) is 254 Å². The summed E-state index contributed by atoms with van der Waals surface area (Å²) in [6.45, 7) is 0. The first-order chi connectivity index (χ1) is 33.3. The summed E-state index contributed by atoms with van der Waals surface area (Å²) in [5.41, 5.74) is 12.3. The molecule has 12 rings (SSSR count). The third kappa shape index (κ3) is 7.11. The molecule has 0 aliphatic carbocycles. The Morgan fingerprint density at radius 1 is 0.250 bits per heavy atom. The van der Waals surface area contributed by atoms with E-state index in [0.717, 1.165) is 88.9 Å². The molecule has 68 heavy (non-hydrogen) atoms. The summed E-state index contributed by atoms with van der Waals surface area (Å²) in [6, 6.07) is 71.3. The molecule has 0 saturated heterocycles. The molecule has 0 fully saturated rings. The molecule has 0 unspecified atom stereocenters. The van der Waals surface area contributed by atoms with Crippen molar-refractivity contribution in [3.8, 4) is 22.5 Å². The maximum atomic E-state index is 15.0. The van der Waals surface area contributed by atoms with Crippen molar-refractivity contribution < 1.29 is 17.6 Å². The van der Waals surface area contributed by atoms with Gasteiger partial charge in [-0.05, 0) is 169 Å². The van der Waals surface area contributed by atoms with Crippen LogP contribution in [-0.2, 0) is 0 Å². The zero-order valence-corrected chi connectivity index (χ0v) is 36.2. The van der Waals surface area contributed by atoms with E-state index >= 15 is 0 Å². The number of fused-ring (bicyclic) bond motifs is 6. The Labute approximate surface area is 389 Å². The Kier molecular flexibility index (Phi) is 9.87. The van der Waals surface area contributed by atoms with Crippen molar-refractivity contribution in [2.45, 2.75) is 0 Å². The molecule has 0 saturated carbocycles. The molecule has 0 radical (unpaired) electrons. The van der Waals surface area contributed by atoms with Crippen LogP contribution in [0.25, 0.3) is 66.1 Å². The zero-order valence-electron chi connectivity index (χ0n) is 36.2. The van der Waals surface area contributed by atoms with Crippen molar-refractivity contribution in [1.82, 2.24) is 9.13 Å². The number of para-hydroxylation sites is 2. The fraction of sp³-hybridized carbons (Fsp3) is 0. The van der Waals surface area contributed by atoms with Crippen LogP contribution in [0.3, 0.4) is 0 Å². The molecule has 0 aliphatic heterocycles. The molecular formula is C60H38F4N4. The predicted molar refractivity (Wildman–Crippen MR) is 270 cm³/mol. The van der Waals surface area contributed by atoms with Gasteiger partial charge in [0.05, 0.1) is 22.1 Å². The summed E-state index contributed by atoms with van der Waals surface area (Å²) in [5, 5.41) is 4.09. The summed E-state index contributed by atoms with van der Waals surface area (Å²) in [7, 11) is 0. The van der Waals surface area contributed by atoms with E-state index in [9.17, 15) is 17.6 Å². The monoisotopic (exact) mass is 890 g/mol. The molecule has 0 bridgehead atoms. The van der Waals surface area contributed by atoms with Crippen LogP contribution in [0.15, 0.2) is 231 Å². The largest absolute Gasteiger partial charge is 0.310 e. The molecule has 0 N–H and O–H groups in total. The van der Waals surface area contributed by atoms with Crippen LogP contribution in [-0.4, -0.2) is 9.13 Å². The highest BCUT2D eigenvalue weighted by Crippen LogP contribution is 2.43. The highest BCUT2D eigenvalue weighted by atomic mass is 19.1. The maximum absolute atomic E-state index is 15.0. The lowest BCUT2D eigenvalue weighted by atomic mass is 10.0. The number of hydrogen-bond donors (Lipinski definition) is 0. The second-order valence-electron chi connectivity index (χ2n) is 16.8. The van der Waals surface area contributed by atoms with Gasteiger partial charge in [-0.25, -0.2) is 17.6 Å². The van der Waals surface area contributed by atoms with E-state index < -0.39 is 0 Å². The van der Waals surface area contributed by atoms with Gasteiger partial charge in [-0.15, -0.1) is 0 Å². The van der Waals surface area contributed by atoms with Crippen LogP contribution in [0.5, 0.6) is 0 Å². The van der Waals surface area contributed by atoms with E-state index in [0.29, 0.717) is 11.4 Å². The van der Waals surface area contributed by atoms with Crippen LogP contribution in [0.4, 0.5) is 51.7 Å². The number of nitrogens with zero attached hydrogens (tertiary/aromatic N) is 4.